The van der Waals surface area contributed by atoms with Crippen LogP contribution < -0.4 is 11.1 Å². The summed E-state index contributed by atoms with van der Waals surface area (Å²) >= 11 is 0. The number of carbonyl (C=O) groups is 1. The van der Waals surface area contributed by atoms with Gasteiger partial charge in [-0.05, 0) is 41.3 Å². The zero-order valence-corrected chi connectivity index (χ0v) is 16.2. The molecule has 1 amide bonds. The average molecular weight is 385 g/mol. The molecule has 5 heteroatoms. The number of fused-ring (bicyclic) bond motifs is 1. The molecular weight excluding hydrogens is 362 g/mol. The van der Waals surface area contributed by atoms with Crippen molar-refractivity contribution in [1.29, 1.82) is 0 Å². The highest BCUT2D eigenvalue weighted by Gasteiger charge is 2.19. The lowest BCUT2D eigenvalue weighted by molar-refractivity contribution is 0.0935. The molecule has 4 aromatic rings. The Morgan fingerprint density at radius 3 is 2.55 bits per heavy atom. The summed E-state index contributed by atoms with van der Waals surface area (Å²) in [5.41, 5.74) is 8.55. The third-order valence-electron chi connectivity index (χ3n) is 4.99. The van der Waals surface area contributed by atoms with Crippen molar-refractivity contribution in [2.45, 2.75) is 25.4 Å². The highest BCUT2D eigenvalue weighted by molar-refractivity contribution is 5.92. The van der Waals surface area contributed by atoms with Gasteiger partial charge in [0.25, 0.3) is 5.91 Å². The van der Waals surface area contributed by atoms with E-state index in [9.17, 15) is 4.79 Å². The third kappa shape index (κ3) is 4.36. The number of nitrogens with two attached hydrogens (primary N) is 1. The van der Waals surface area contributed by atoms with Crippen molar-refractivity contribution >= 4 is 16.7 Å². The molecule has 0 aliphatic rings. The molecule has 0 spiro atoms. The molecule has 1 heterocycles. The quantitative estimate of drug-likeness (QED) is 0.510. The fourth-order valence-electron chi connectivity index (χ4n) is 3.35. The highest BCUT2D eigenvalue weighted by Crippen LogP contribution is 2.21. The van der Waals surface area contributed by atoms with Crippen LogP contribution in [0.4, 0.5) is 0 Å². The van der Waals surface area contributed by atoms with Gasteiger partial charge >= 0.3 is 0 Å². The normalized spacial score (nSPS) is 13.2. The van der Waals surface area contributed by atoms with Gasteiger partial charge in [-0.25, -0.2) is 4.98 Å². The molecule has 3 N–H and O–H groups in total. The fraction of sp³-hybridized carbons (Fsp3) is 0.167. The van der Waals surface area contributed by atoms with Crippen LogP contribution >= 0.6 is 0 Å². The predicted octanol–water partition coefficient (Wildman–Crippen LogP) is 4.56. The number of hydrogen-bond acceptors (Lipinski definition) is 4. The van der Waals surface area contributed by atoms with Crippen molar-refractivity contribution < 1.29 is 9.21 Å². The lowest BCUT2D eigenvalue weighted by Crippen LogP contribution is -2.27. The topological polar surface area (TPSA) is 81.2 Å². The number of nitrogens with zero attached hydrogens (tertiary/aromatic N) is 1. The van der Waals surface area contributed by atoms with Crippen molar-refractivity contribution in [3.05, 3.63) is 102 Å². The van der Waals surface area contributed by atoms with Crippen LogP contribution in [0.2, 0.25) is 0 Å². The van der Waals surface area contributed by atoms with Gasteiger partial charge in [-0.2, -0.15) is 0 Å². The maximum absolute atomic E-state index is 12.6. The lowest BCUT2D eigenvalue weighted by atomic mass is 10.0. The smallest absolute Gasteiger partial charge is 0.273 e. The van der Waals surface area contributed by atoms with Crippen LogP contribution in [0.1, 0.15) is 46.5 Å². The first-order valence-corrected chi connectivity index (χ1v) is 9.64. The highest BCUT2D eigenvalue weighted by atomic mass is 16.3. The second kappa shape index (κ2) is 8.29. The SMILES string of the molecule is CC(NC(=O)c1coc(C(N)Cc2ccccc2)n1)c1ccc2ccccc2c1. The summed E-state index contributed by atoms with van der Waals surface area (Å²) in [7, 11) is 0. The van der Waals surface area contributed by atoms with Crippen molar-refractivity contribution in [2.24, 2.45) is 5.73 Å². The Hall–Kier alpha value is -3.44. The molecule has 0 bridgehead atoms. The first-order valence-electron chi connectivity index (χ1n) is 9.64. The molecule has 29 heavy (non-hydrogen) atoms. The van der Waals surface area contributed by atoms with Gasteiger partial charge < -0.3 is 15.5 Å². The van der Waals surface area contributed by atoms with Crippen LogP contribution in [0.3, 0.4) is 0 Å². The number of benzene rings is 3. The Labute approximate surface area is 169 Å². The van der Waals surface area contributed by atoms with Gasteiger partial charge in [0, 0.05) is 0 Å². The summed E-state index contributed by atoms with van der Waals surface area (Å²) < 4.78 is 5.47. The Morgan fingerprint density at radius 1 is 1.03 bits per heavy atom. The van der Waals surface area contributed by atoms with Gasteiger partial charge in [-0.15, -0.1) is 0 Å². The van der Waals surface area contributed by atoms with Crippen LogP contribution in [0.15, 0.2) is 83.5 Å². The van der Waals surface area contributed by atoms with Crippen molar-refractivity contribution in [1.82, 2.24) is 10.3 Å². The number of hydrogen-bond donors (Lipinski definition) is 2. The van der Waals surface area contributed by atoms with Gasteiger partial charge in [-0.3, -0.25) is 4.79 Å². The number of carbonyl (C=O) groups excluding carboxylic acids is 1. The van der Waals surface area contributed by atoms with E-state index in [1.807, 2.05) is 55.5 Å². The second-order valence-electron chi connectivity index (χ2n) is 7.17. The number of nitrogens with one attached hydrogen (secondary N) is 1. The zero-order chi connectivity index (χ0) is 20.2. The minimum absolute atomic E-state index is 0.162. The van der Waals surface area contributed by atoms with Gasteiger partial charge in [0.05, 0.1) is 12.1 Å². The second-order valence-corrected chi connectivity index (χ2v) is 7.17. The molecule has 146 valence electrons. The molecule has 0 radical (unpaired) electrons. The van der Waals surface area contributed by atoms with E-state index < -0.39 is 6.04 Å². The molecule has 5 nitrogen and oxygen atoms in total. The van der Waals surface area contributed by atoms with E-state index in [0.717, 1.165) is 16.5 Å². The van der Waals surface area contributed by atoms with Crippen molar-refractivity contribution in [2.75, 3.05) is 0 Å². The summed E-state index contributed by atoms with van der Waals surface area (Å²) in [5.74, 6) is 0.0740. The largest absolute Gasteiger partial charge is 0.446 e. The first kappa shape index (κ1) is 18.9. The average Bonchev–Trinajstić information content (AvgIpc) is 3.25. The van der Waals surface area contributed by atoms with Crippen LogP contribution in [0.5, 0.6) is 0 Å². The zero-order valence-electron chi connectivity index (χ0n) is 16.2. The Morgan fingerprint density at radius 2 is 1.76 bits per heavy atom. The van der Waals surface area contributed by atoms with Gasteiger partial charge in [0.2, 0.25) is 5.89 Å². The Bertz CT molecular complexity index is 1120. The van der Waals surface area contributed by atoms with E-state index in [2.05, 4.69) is 34.6 Å². The molecule has 2 unspecified atom stereocenters. The van der Waals surface area contributed by atoms with E-state index in [4.69, 9.17) is 10.2 Å². The minimum Gasteiger partial charge on any atom is -0.446 e. The number of aromatic nitrogens is 1. The molecule has 2 atom stereocenters. The number of oxazole rings is 1. The van der Waals surface area contributed by atoms with E-state index >= 15 is 0 Å². The van der Waals surface area contributed by atoms with Gasteiger partial charge in [-0.1, -0.05) is 66.7 Å². The third-order valence-corrected chi connectivity index (χ3v) is 4.99. The van der Waals surface area contributed by atoms with Crippen LogP contribution in [-0.4, -0.2) is 10.9 Å². The summed E-state index contributed by atoms with van der Waals surface area (Å²) in [4.78, 5) is 16.9. The number of amides is 1. The standard InChI is InChI=1S/C24H23N3O2/c1-16(19-12-11-18-9-5-6-10-20(18)14-19)26-23(28)22-15-29-24(27-22)21(25)13-17-7-3-2-4-8-17/h2-12,14-16,21H,13,25H2,1H3,(H,26,28). The summed E-state index contributed by atoms with van der Waals surface area (Å²) in [5, 5.41) is 5.29. The van der Waals surface area contributed by atoms with Crippen molar-refractivity contribution in [3.8, 4) is 0 Å². The maximum Gasteiger partial charge on any atom is 0.273 e. The van der Waals surface area contributed by atoms with Gasteiger partial charge in [0.1, 0.15) is 6.26 Å². The first-order chi connectivity index (χ1) is 14.1. The lowest BCUT2D eigenvalue weighted by Gasteiger charge is -2.14. The molecule has 0 aliphatic heterocycles. The molecule has 4 rings (SSSR count). The predicted molar refractivity (Wildman–Crippen MR) is 113 cm³/mol. The molecule has 0 aliphatic carbocycles. The fourth-order valence-corrected chi connectivity index (χ4v) is 3.35. The van der Waals surface area contributed by atoms with Crippen LogP contribution in [0, 0.1) is 0 Å². The van der Waals surface area contributed by atoms with E-state index in [1.54, 1.807) is 0 Å². The maximum atomic E-state index is 12.6. The monoisotopic (exact) mass is 385 g/mol. The molecule has 0 saturated heterocycles. The molecule has 1 aromatic heterocycles. The van der Waals surface area contributed by atoms with E-state index in [1.165, 1.54) is 11.6 Å². The molecular formula is C24H23N3O2. The Kier molecular flexibility index (Phi) is 5.40. The van der Waals surface area contributed by atoms with Crippen LogP contribution in [0.25, 0.3) is 10.8 Å². The summed E-state index contributed by atoms with van der Waals surface area (Å²) in [6.07, 6.45) is 1.96. The van der Waals surface area contributed by atoms with Gasteiger partial charge in [0.15, 0.2) is 5.69 Å². The molecule has 0 fully saturated rings. The van der Waals surface area contributed by atoms with Crippen LogP contribution in [-0.2, 0) is 6.42 Å². The summed E-state index contributed by atoms with van der Waals surface area (Å²) in [6.45, 7) is 1.95. The Balaban J connectivity index is 1.43. The number of rotatable bonds is 6. The summed E-state index contributed by atoms with van der Waals surface area (Å²) in [6, 6.07) is 23.6. The van der Waals surface area contributed by atoms with E-state index in [0.29, 0.717) is 12.3 Å². The minimum atomic E-state index is -0.406. The van der Waals surface area contributed by atoms with E-state index in [-0.39, 0.29) is 17.6 Å². The molecule has 3 aromatic carbocycles. The van der Waals surface area contributed by atoms with Crippen molar-refractivity contribution in [3.63, 3.8) is 0 Å². The molecule has 0 saturated carbocycles.